The highest BCUT2D eigenvalue weighted by molar-refractivity contribution is 5.71. The molecular weight excluding hydrogens is 161 g/mol. The monoisotopic (exact) mass is 175 g/mol. The van der Waals surface area contributed by atoms with E-state index in [0.29, 0.717) is 0 Å². The lowest BCUT2D eigenvalue weighted by atomic mass is 10.1. The van der Waals surface area contributed by atoms with Crippen molar-refractivity contribution in [2.24, 2.45) is 0 Å². The summed E-state index contributed by atoms with van der Waals surface area (Å²) in [5.41, 5.74) is -0.357. The van der Waals surface area contributed by atoms with Crippen molar-refractivity contribution in [3.63, 3.8) is 0 Å². The molecule has 0 aliphatic carbocycles. The maximum absolute atomic E-state index is 12.4. The number of hydrogen-bond acceptors (Lipinski definition) is 2. The second-order valence-corrected chi connectivity index (χ2v) is 3.93. The molecule has 1 saturated heterocycles. The number of alkyl halides is 1. The Balaban J connectivity index is 2.77. The Hall–Kier alpha value is -0.800. The molecule has 1 aliphatic rings. The summed E-state index contributed by atoms with van der Waals surface area (Å²) in [5, 5.41) is 0. The van der Waals surface area contributed by atoms with Gasteiger partial charge in [-0.3, -0.25) is 4.90 Å². The van der Waals surface area contributed by atoms with Gasteiger partial charge in [0.25, 0.3) is 0 Å². The average Bonchev–Trinajstić information content (AvgIpc) is 2.29. The van der Waals surface area contributed by atoms with E-state index in [9.17, 15) is 9.18 Å². The summed E-state index contributed by atoms with van der Waals surface area (Å²) >= 11 is 0. The lowest BCUT2D eigenvalue weighted by Gasteiger charge is -2.33. The smallest absolute Gasteiger partial charge is 0.410 e. The number of carbonyl (C=O) groups is 1. The fourth-order valence-corrected chi connectivity index (χ4v) is 1.40. The molecule has 12 heavy (non-hydrogen) atoms. The minimum atomic E-state index is -0.539. The van der Waals surface area contributed by atoms with Crippen molar-refractivity contribution in [3.8, 4) is 0 Å². The molecule has 1 unspecified atom stereocenters. The molecule has 0 saturated carbocycles. The summed E-state index contributed by atoms with van der Waals surface area (Å²) in [4.78, 5) is 12.6. The predicted molar refractivity (Wildman–Crippen MR) is 42.7 cm³/mol. The third kappa shape index (κ3) is 1.52. The quantitative estimate of drug-likeness (QED) is 0.605. The van der Waals surface area contributed by atoms with E-state index in [4.69, 9.17) is 4.74 Å². The molecule has 1 heterocycles. The van der Waals surface area contributed by atoms with Crippen LogP contribution in [-0.4, -0.2) is 35.9 Å². The van der Waals surface area contributed by atoms with Gasteiger partial charge in [-0.2, -0.15) is 0 Å². The lowest BCUT2D eigenvalue weighted by Crippen LogP contribution is -2.48. The van der Waals surface area contributed by atoms with Crippen LogP contribution in [0.5, 0.6) is 0 Å². The number of carbonyl (C=O) groups excluding carboxylic acids is 1. The van der Waals surface area contributed by atoms with E-state index in [0.717, 1.165) is 0 Å². The van der Waals surface area contributed by atoms with Gasteiger partial charge < -0.3 is 4.74 Å². The minimum absolute atomic E-state index is 0.173. The first-order valence-electron chi connectivity index (χ1n) is 3.99. The zero-order valence-electron chi connectivity index (χ0n) is 7.63. The summed E-state index contributed by atoms with van der Waals surface area (Å²) in [6, 6.07) is -0.405. The molecule has 4 heteroatoms. The van der Waals surface area contributed by atoms with Crippen LogP contribution in [-0.2, 0) is 4.74 Å². The number of nitrogens with zero attached hydrogens (tertiary/aromatic N) is 1. The largest absolute Gasteiger partial charge is 0.447 e. The Morgan fingerprint density at radius 3 is 2.58 bits per heavy atom. The van der Waals surface area contributed by atoms with Crippen LogP contribution < -0.4 is 0 Å². The van der Waals surface area contributed by atoms with Gasteiger partial charge in [-0.1, -0.05) is 0 Å². The number of halogens is 1. The highest BCUT2D eigenvalue weighted by Gasteiger charge is 2.39. The molecule has 1 fully saturated rings. The van der Waals surface area contributed by atoms with Crippen LogP contribution >= 0.6 is 0 Å². The molecule has 3 nitrogen and oxygen atoms in total. The molecular formula is C8H14FNO2. The van der Waals surface area contributed by atoms with Crippen molar-refractivity contribution in [3.05, 3.63) is 0 Å². The van der Waals surface area contributed by atoms with Gasteiger partial charge in [0.05, 0.1) is 6.04 Å². The van der Waals surface area contributed by atoms with Crippen molar-refractivity contribution >= 4 is 6.09 Å². The summed E-state index contributed by atoms with van der Waals surface area (Å²) in [6.45, 7) is 5.22. The molecule has 0 aromatic heterocycles. The first kappa shape index (κ1) is 9.29. The number of ether oxygens (including phenoxy) is 1. The molecule has 1 amide bonds. The van der Waals surface area contributed by atoms with Crippen LogP contribution in [0.1, 0.15) is 20.8 Å². The van der Waals surface area contributed by atoms with Crippen molar-refractivity contribution in [1.82, 2.24) is 4.90 Å². The van der Waals surface area contributed by atoms with Crippen LogP contribution in [0.25, 0.3) is 0 Å². The standard InChI is InChI=1S/C8H14FNO2/c1-8(2,3)10-6(4-9)5-12-7(10)11/h6H,4-5H2,1-3H3. The summed E-state index contributed by atoms with van der Waals surface area (Å²) in [7, 11) is 0. The average molecular weight is 175 g/mol. The highest BCUT2D eigenvalue weighted by atomic mass is 19.1. The van der Waals surface area contributed by atoms with E-state index >= 15 is 0 Å². The van der Waals surface area contributed by atoms with Gasteiger partial charge >= 0.3 is 6.09 Å². The van der Waals surface area contributed by atoms with Gasteiger partial charge in [0.15, 0.2) is 0 Å². The normalized spacial score (nSPS) is 24.5. The van der Waals surface area contributed by atoms with E-state index in [1.54, 1.807) is 0 Å². The Bertz CT molecular complexity index is 188. The summed E-state index contributed by atoms with van der Waals surface area (Å²) in [6.07, 6.45) is -0.412. The van der Waals surface area contributed by atoms with E-state index in [2.05, 4.69) is 0 Å². The minimum Gasteiger partial charge on any atom is -0.447 e. The fraction of sp³-hybridized carbons (Fsp3) is 0.875. The van der Waals surface area contributed by atoms with Crippen molar-refractivity contribution < 1.29 is 13.9 Å². The van der Waals surface area contributed by atoms with Gasteiger partial charge in [-0.25, -0.2) is 9.18 Å². The Kier molecular flexibility index (Phi) is 2.26. The topological polar surface area (TPSA) is 29.5 Å². The molecule has 0 N–H and O–H groups in total. The lowest BCUT2D eigenvalue weighted by molar-refractivity contribution is 0.116. The molecule has 0 aromatic carbocycles. The molecule has 0 bridgehead atoms. The van der Waals surface area contributed by atoms with Gasteiger partial charge in [-0.15, -0.1) is 0 Å². The Labute approximate surface area is 71.5 Å². The predicted octanol–water partition coefficient (Wildman–Crippen LogP) is 1.58. The molecule has 0 radical (unpaired) electrons. The fourth-order valence-electron chi connectivity index (χ4n) is 1.40. The van der Waals surface area contributed by atoms with Gasteiger partial charge in [-0.05, 0) is 20.8 Å². The number of cyclic esters (lactones) is 1. The molecule has 1 rings (SSSR count). The van der Waals surface area contributed by atoms with E-state index in [-0.39, 0.29) is 12.1 Å². The zero-order valence-corrected chi connectivity index (χ0v) is 7.63. The number of rotatable bonds is 1. The molecule has 1 atom stereocenters. The maximum Gasteiger partial charge on any atom is 0.410 e. The second-order valence-electron chi connectivity index (χ2n) is 3.93. The second kappa shape index (κ2) is 2.92. The van der Waals surface area contributed by atoms with Crippen molar-refractivity contribution in [2.45, 2.75) is 32.4 Å². The van der Waals surface area contributed by atoms with E-state index in [1.807, 2.05) is 20.8 Å². The van der Waals surface area contributed by atoms with E-state index in [1.165, 1.54) is 4.90 Å². The Morgan fingerprint density at radius 1 is 1.67 bits per heavy atom. The summed E-state index contributed by atoms with van der Waals surface area (Å²) < 4.78 is 17.1. The molecule has 0 aromatic rings. The van der Waals surface area contributed by atoms with Crippen LogP contribution in [0.2, 0.25) is 0 Å². The molecule has 70 valence electrons. The van der Waals surface area contributed by atoms with Gasteiger partial charge in [0, 0.05) is 5.54 Å². The molecule has 1 aliphatic heterocycles. The maximum atomic E-state index is 12.4. The van der Waals surface area contributed by atoms with Crippen molar-refractivity contribution in [2.75, 3.05) is 13.3 Å². The third-order valence-corrected chi connectivity index (χ3v) is 1.86. The van der Waals surface area contributed by atoms with Crippen molar-refractivity contribution in [1.29, 1.82) is 0 Å². The third-order valence-electron chi connectivity index (χ3n) is 1.86. The number of hydrogen-bond donors (Lipinski definition) is 0. The number of amides is 1. The first-order chi connectivity index (χ1) is 5.46. The van der Waals surface area contributed by atoms with Crippen LogP contribution in [0.3, 0.4) is 0 Å². The molecule has 0 spiro atoms. The first-order valence-corrected chi connectivity index (χ1v) is 3.99. The van der Waals surface area contributed by atoms with Crippen LogP contribution in [0.4, 0.5) is 9.18 Å². The SMILES string of the molecule is CC(C)(C)N1C(=O)OCC1CF. The van der Waals surface area contributed by atoms with Gasteiger partial charge in [0.1, 0.15) is 13.3 Å². The van der Waals surface area contributed by atoms with E-state index < -0.39 is 18.8 Å². The zero-order chi connectivity index (χ0) is 9.35. The van der Waals surface area contributed by atoms with Crippen LogP contribution in [0, 0.1) is 0 Å². The summed E-state index contributed by atoms with van der Waals surface area (Å²) in [5.74, 6) is 0. The van der Waals surface area contributed by atoms with Gasteiger partial charge in [0.2, 0.25) is 0 Å². The Morgan fingerprint density at radius 2 is 2.25 bits per heavy atom. The highest BCUT2D eigenvalue weighted by Crippen LogP contribution is 2.23. The van der Waals surface area contributed by atoms with Crippen LogP contribution in [0.15, 0.2) is 0 Å².